The summed E-state index contributed by atoms with van der Waals surface area (Å²) in [5, 5.41) is 0. The summed E-state index contributed by atoms with van der Waals surface area (Å²) in [5.41, 5.74) is 5.70. The van der Waals surface area contributed by atoms with Gasteiger partial charge >= 0.3 is 0 Å². The molecule has 0 spiro atoms. The van der Waals surface area contributed by atoms with Crippen LogP contribution in [0.2, 0.25) is 0 Å². The molecule has 0 aliphatic heterocycles. The lowest BCUT2D eigenvalue weighted by Crippen LogP contribution is -2.39. The van der Waals surface area contributed by atoms with Gasteiger partial charge in [-0.1, -0.05) is 31.0 Å². The molecule has 3 heteroatoms. The molecule has 3 nitrogen and oxygen atoms in total. The van der Waals surface area contributed by atoms with Crippen LogP contribution in [-0.2, 0) is 0 Å². The van der Waals surface area contributed by atoms with Crippen LogP contribution in [0, 0.1) is 0 Å². The standard InChI is InChI=1S/C15H24N2O/c16-10-11-17(14-6-4-5-7-14)12-13-18-15-8-2-1-3-9-15/h1-3,8-9,14H,4-7,10-13,16H2. The minimum absolute atomic E-state index is 0.730. The Labute approximate surface area is 110 Å². The molecule has 1 aliphatic carbocycles. The molecule has 2 rings (SSSR count). The molecule has 0 unspecified atom stereocenters. The highest BCUT2D eigenvalue weighted by Crippen LogP contribution is 2.23. The third-order valence-corrected chi connectivity index (χ3v) is 3.65. The van der Waals surface area contributed by atoms with Crippen LogP contribution in [0.1, 0.15) is 25.7 Å². The van der Waals surface area contributed by atoms with Crippen molar-refractivity contribution < 1.29 is 4.74 Å². The molecule has 0 radical (unpaired) electrons. The van der Waals surface area contributed by atoms with Gasteiger partial charge in [-0.3, -0.25) is 4.90 Å². The van der Waals surface area contributed by atoms with E-state index < -0.39 is 0 Å². The zero-order valence-corrected chi connectivity index (χ0v) is 11.1. The van der Waals surface area contributed by atoms with E-state index in [0.29, 0.717) is 0 Å². The second kappa shape index (κ2) is 7.39. The summed E-state index contributed by atoms with van der Waals surface area (Å²) in [6.45, 7) is 3.46. The molecule has 0 aromatic heterocycles. The fourth-order valence-corrected chi connectivity index (χ4v) is 2.71. The van der Waals surface area contributed by atoms with Gasteiger partial charge in [0.05, 0.1) is 0 Å². The Kier molecular flexibility index (Phi) is 5.49. The lowest BCUT2D eigenvalue weighted by molar-refractivity contribution is 0.164. The summed E-state index contributed by atoms with van der Waals surface area (Å²) < 4.78 is 5.76. The van der Waals surface area contributed by atoms with E-state index in [0.717, 1.165) is 38.0 Å². The predicted octanol–water partition coefficient (Wildman–Crippen LogP) is 2.27. The smallest absolute Gasteiger partial charge is 0.119 e. The average Bonchev–Trinajstić information content (AvgIpc) is 2.93. The first kappa shape index (κ1) is 13.4. The number of para-hydroxylation sites is 1. The Bertz CT molecular complexity index is 323. The van der Waals surface area contributed by atoms with Crippen molar-refractivity contribution in [3.63, 3.8) is 0 Å². The second-order valence-corrected chi connectivity index (χ2v) is 4.92. The summed E-state index contributed by atoms with van der Waals surface area (Å²) in [4.78, 5) is 2.50. The van der Waals surface area contributed by atoms with Crippen LogP contribution in [0.25, 0.3) is 0 Å². The highest BCUT2D eigenvalue weighted by atomic mass is 16.5. The van der Waals surface area contributed by atoms with E-state index in [4.69, 9.17) is 10.5 Å². The van der Waals surface area contributed by atoms with Gasteiger partial charge in [0, 0.05) is 25.7 Å². The summed E-state index contributed by atoms with van der Waals surface area (Å²) >= 11 is 0. The lowest BCUT2D eigenvalue weighted by Gasteiger charge is -2.28. The fraction of sp³-hybridized carbons (Fsp3) is 0.600. The number of ether oxygens (including phenoxy) is 1. The predicted molar refractivity (Wildman–Crippen MR) is 74.8 cm³/mol. The van der Waals surface area contributed by atoms with Crippen LogP contribution >= 0.6 is 0 Å². The molecule has 100 valence electrons. The lowest BCUT2D eigenvalue weighted by atomic mass is 10.2. The molecule has 1 aliphatic rings. The molecule has 1 saturated carbocycles. The van der Waals surface area contributed by atoms with Gasteiger partial charge in [-0.25, -0.2) is 0 Å². The second-order valence-electron chi connectivity index (χ2n) is 4.92. The minimum Gasteiger partial charge on any atom is -0.492 e. The maximum Gasteiger partial charge on any atom is 0.119 e. The van der Waals surface area contributed by atoms with Crippen molar-refractivity contribution in [3.8, 4) is 5.75 Å². The minimum atomic E-state index is 0.730. The monoisotopic (exact) mass is 248 g/mol. The molecule has 1 aromatic rings. The van der Waals surface area contributed by atoms with Crippen molar-refractivity contribution in [1.29, 1.82) is 0 Å². The third kappa shape index (κ3) is 4.00. The van der Waals surface area contributed by atoms with Gasteiger partial charge < -0.3 is 10.5 Å². The molecule has 18 heavy (non-hydrogen) atoms. The molecular formula is C15H24N2O. The molecule has 0 saturated heterocycles. The van der Waals surface area contributed by atoms with E-state index in [1.54, 1.807) is 0 Å². The zero-order chi connectivity index (χ0) is 12.6. The molecule has 0 atom stereocenters. The Morgan fingerprint density at radius 3 is 2.50 bits per heavy atom. The largest absolute Gasteiger partial charge is 0.492 e. The van der Waals surface area contributed by atoms with Gasteiger partial charge in [-0.15, -0.1) is 0 Å². The molecule has 0 amide bonds. The van der Waals surface area contributed by atoms with Crippen molar-refractivity contribution in [2.24, 2.45) is 5.73 Å². The first-order valence-electron chi connectivity index (χ1n) is 7.02. The number of nitrogens with two attached hydrogens (primary N) is 1. The van der Waals surface area contributed by atoms with Crippen LogP contribution in [0.4, 0.5) is 0 Å². The SMILES string of the molecule is NCCN(CCOc1ccccc1)C1CCCC1. The first-order valence-corrected chi connectivity index (χ1v) is 7.02. The average molecular weight is 248 g/mol. The highest BCUT2D eigenvalue weighted by molar-refractivity contribution is 5.20. The van der Waals surface area contributed by atoms with E-state index in [-0.39, 0.29) is 0 Å². The van der Waals surface area contributed by atoms with Crippen LogP contribution in [0.15, 0.2) is 30.3 Å². The Morgan fingerprint density at radius 1 is 1.11 bits per heavy atom. The van der Waals surface area contributed by atoms with Crippen molar-refractivity contribution in [2.45, 2.75) is 31.7 Å². The fourth-order valence-electron chi connectivity index (χ4n) is 2.71. The summed E-state index contributed by atoms with van der Waals surface area (Å²) in [5.74, 6) is 0.955. The number of rotatable bonds is 7. The maximum atomic E-state index is 5.76. The van der Waals surface area contributed by atoms with Crippen molar-refractivity contribution >= 4 is 0 Å². The van der Waals surface area contributed by atoms with E-state index in [9.17, 15) is 0 Å². The van der Waals surface area contributed by atoms with E-state index in [1.165, 1.54) is 25.7 Å². The molecule has 1 aromatic carbocycles. The summed E-state index contributed by atoms with van der Waals surface area (Å²) in [7, 11) is 0. The Balaban J connectivity index is 1.75. The van der Waals surface area contributed by atoms with Crippen molar-refractivity contribution in [2.75, 3.05) is 26.2 Å². The number of benzene rings is 1. The molecular weight excluding hydrogens is 224 g/mol. The Morgan fingerprint density at radius 2 is 1.83 bits per heavy atom. The van der Waals surface area contributed by atoms with Gasteiger partial charge in [0.2, 0.25) is 0 Å². The topological polar surface area (TPSA) is 38.5 Å². The van der Waals surface area contributed by atoms with Crippen LogP contribution in [0.5, 0.6) is 5.75 Å². The van der Waals surface area contributed by atoms with E-state index in [2.05, 4.69) is 4.90 Å². The number of nitrogens with zero attached hydrogens (tertiary/aromatic N) is 1. The normalized spacial score (nSPS) is 16.3. The van der Waals surface area contributed by atoms with Gasteiger partial charge in [0.25, 0.3) is 0 Å². The van der Waals surface area contributed by atoms with Gasteiger partial charge in [-0.2, -0.15) is 0 Å². The van der Waals surface area contributed by atoms with Crippen LogP contribution < -0.4 is 10.5 Å². The van der Waals surface area contributed by atoms with Crippen LogP contribution in [0.3, 0.4) is 0 Å². The van der Waals surface area contributed by atoms with E-state index in [1.807, 2.05) is 30.3 Å². The van der Waals surface area contributed by atoms with Crippen molar-refractivity contribution in [1.82, 2.24) is 4.90 Å². The zero-order valence-electron chi connectivity index (χ0n) is 11.1. The molecule has 0 heterocycles. The van der Waals surface area contributed by atoms with Gasteiger partial charge in [0.15, 0.2) is 0 Å². The molecule has 2 N–H and O–H groups in total. The van der Waals surface area contributed by atoms with Crippen molar-refractivity contribution in [3.05, 3.63) is 30.3 Å². The Hall–Kier alpha value is -1.06. The summed E-state index contributed by atoms with van der Waals surface area (Å²) in [6.07, 6.45) is 5.38. The van der Waals surface area contributed by atoms with E-state index >= 15 is 0 Å². The van der Waals surface area contributed by atoms with Crippen LogP contribution in [-0.4, -0.2) is 37.2 Å². The van der Waals surface area contributed by atoms with Gasteiger partial charge in [-0.05, 0) is 25.0 Å². The summed E-state index contributed by atoms with van der Waals surface area (Å²) in [6, 6.07) is 10.7. The molecule has 0 bridgehead atoms. The highest BCUT2D eigenvalue weighted by Gasteiger charge is 2.21. The number of hydrogen-bond acceptors (Lipinski definition) is 3. The quantitative estimate of drug-likeness (QED) is 0.804. The third-order valence-electron chi connectivity index (χ3n) is 3.65. The first-order chi connectivity index (χ1) is 8.90. The number of hydrogen-bond donors (Lipinski definition) is 1. The van der Waals surface area contributed by atoms with Gasteiger partial charge in [0.1, 0.15) is 12.4 Å². The maximum absolute atomic E-state index is 5.76. The molecule has 1 fully saturated rings.